The van der Waals surface area contributed by atoms with Gasteiger partial charge in [-0.25, -0.2) is 0 Å². The Kier molecular flexibility index (Phi) is 2.58. The van der Waals surface area contributed by atoms with E-state index >= 15 is 0 Å². The minimum atomic E-state index is -0.695. The Labute approximate surface area is 85.5 Å². The molecule has 1 fully saturated rings. The number of nitriles is 1. The van der Waals surface area contributed by atoms with Gasteiger partial charge in [0.15, 0.2) is 0 Å². The van der Waals surface area contributed by atoms with Crippen molar-refractivity contribution in [1.29, 1.82) is 5.26 Å². The second-order valence-corrected chi connectivity index (χ2v) is 5.26. The lowest BCUT2D eigenvalue weighted by Gasteiger charge is -2.28. The van der Waals surface area contributed by atoms with Crippen LogP contribution in [0, 0.1) is 22.2 Å². The van der Waals surface area contributed by atoms with E-state index in [-0.39, 0.29) is 17.4 Å². The summed E-state index contributed by atoms with van der Waals surface area (Å²) in [6, 6.07) is 2.19. The first-order valence-corrected chi connectivity index (χ1v) is 5.04. The van der Waals surface area contributed by atoms with E-state index in [1.807, 2.05) is 6.92 Å². The van der Waals surface area contributed by atoms with Crippen LogP contribution in [0.4, 0.5) is 0 Å². The van der Waals surface area contributed by atoms with E-state index in [0.29, 0.717) is 12.8 Å². The summed E-state index contributed by atoms with van der Waals surface area (Å²) in [6.07, 6.45) is 1.43. The zero-order valence-corrected chi connectivity index (χ0v) is 9.35. The van der Waals surface area contributed by atoms with Crippen molar-refractivity contribution < 1.29 is 4.79 Å². The van der Waals surface area contributed by atoms with Crippen LogP contribution in [0.2, 0.25) is 0 Å². The van der Waals surface area contributed by atoms with Gasteiger partial charge < -0.3 is 5.32 Å². The van der Waals surface area contributed by atoms with E-state index in [0.717, 1.165) is 0 Å². The van der Waals surface area contributed by atoms with Crippen molar-refractivity contribution in [2.75, 3.05) is 0 Å². The molecule has 0 saturated heterocycles. The van der Waals surface area contributed by atoms with Gasteiger partial charge in [-0.15, -0.1) is 0 Å². The lowest BCUT2D eigenvalue weighted by molar-refractivity contribution is -0.125. The number of carbonyl (C=O) groups excluding carboxylic acids is 1. The van der Waals surface area contributed by atoms with Gasteiger partial charge in [0.25, 0.3) is 0 Å². The molecule has 1 N–H and O–H groups in total. The van der Waals surface area contributed by atoms with Crippen molar-refractivity contribution in [1.82, 2.24) is 5.32 Å². The second-order valence-electron chi connectivity index (χ2n) is 5.26. The fourth-order valence-electron chi connectivity index (χ4n) is 1.07. The molecule has 78 valence electrons. The summed E-state index contributed by atoms with van der Waals surface area (Å²) in [5, 5.41) is 11.7. The minimum absolute atomic E-state index is 0.0429. The molecule has 3 heteroatoms. The topological polar surface area (TPSA) is 52.9 Å². The molecule has 0 aromatic carbocycles. The molecule has 0 bridgehead atoms. The molecule has 14 heavy (non-hydrogen) atoms. The van der Waals surface area contributed by atoms with E-state index in [1.165, 1.54) is 0 Å². The standard InChI is InChI=1S/C11H18N2O/c1-8(10(2,3)4)13-9(14)11(7-12)5-6-11/h8H,5-6H2,1-4H3,(H,13,14)/t8-/m0/s1. The Bertz CT molecular complexity index is 279. The van der Waals surface area contributed by atoms with E-state index < -0.39 is 5.41 Å². The first-order chi connectivity index (χ1) is 6.32. The van der Waals surface area contributed by atoms with Gasteiger partial charge in [-0.3, -0.25) is 4.79 Å². The van der Waals surface area contributed by atoms with Gasteiger partial charge in [-0.1, -0.05) is 20.8 Å². The van der Waals surface area contributed by atoms with Crippen LogP contribution in [-0.2, 0) is 4.79 Å². The summed E-state index contributed by atoms with van der Waals surface area (Å²) in [5.41, 5.74) is -0.652. The van der Waals surface area contributed by atoms with Gasteiger partial charge in [0.2, 0.25) is 5.91 Å². The van der Waals surface area contributed by atoms with Crippen molar-refractivity contribution in [3.63, 3.8) is 0 Å². The van der Waals surface area contributed by atoms with Crippen LogP contribution < -0.4 is 5.32 Å². The highest BCUT2D eigenvalue weighted by molar-refractivity contribution is 5.88. The van der Waals surface area contributed by atoms with Gasteiger partial charge in [-0.05, 0) is 25.2 Å². The quantitative estimate of drug-likeness (QED) is 0.729. The van der Waals surface area contributed by atoms with Crippen LogP contribution in [0.15, 0.2) is 0 Å². The average Bonchev–Trinajstić information content (AvgIpc) is 2.82. The summed E-state index contributed by atoms with van der Waals surface area (Å²) in [5.74, 6) is -0.0950. The molecule has 0 spiro atoms. The van der Waals surface area contributed by atoms with E-state index in [2.05, 4.69) is 32.2 Å². The zero-order valence-electron chi connectivity index (χ0n) is 9.35. The molecule has 1 amide bonds. The molecule has 1 aliphatic carbocycles. The predicted octanol–water partition coefficient (Wildman–Crippen LogP) is 1.84. The average molecular weight is 194 g/mol. The van der Waals surface area contributed by atoms with Crippen LogP contribution in [0.3, 0.4) is 0 Å². The van der Waals surface area contributed by atoms with Gasteiger partial charge >= 0.3 is 0 Å². The van der Waals surface area contributed by atoms with E-state index in [9.17, 15) is 4.79 Å². The maximum Gasteiger partial charge on any atom is 0.240 e. The monoisotopic (exact) mass is 194 g/mol. The fraction of sp³-hybridized carbons (Fsp3) is 0.818. The largest absolute Gasteiger partial charge is 0.352 e. The summed E-state index contributed by atoms with van der Waals surface area (Å²) in [4.78, 5) is 11.7. The van der Waals surface area contributed by atoms with Crippen molar-refractivity contribution in [2.45, 2.75) is 46.6 Å². The third-order valence-electron chi connectivity index (χ3n) is 3.05. The molecule has 1 atom stereocenters. The first-order valence-electron chi connectivity index (χ1n) is 5.04. The number of nitrogens with zero attached hydrogens (tertiary/aromatic N) is 1. The van der Waals surface area contributed by atoms with Gasteiger partial charge in [-0.2, -0.15) is 5.26 Å². The van der Waals surface area contributed by atoms with Crippen LogP contribution >= 0.6 is 0 Å². The number of carbonyl (C=O) groups is 1. The van der Waals surface area contributed by atoms with Crippen molar-refractivity contribution >= 4 is 5.91 Å². The Morgan fingerprint density at radius 2 is 2.00 bits per heavy atom. The number of hydrogen-bond donors (Lipinski definition) is 1. The number of hydrogen-bond acceptors (Lipinski definition) is 2. The van der Waals surface area contributed by atoms with Gasteiger partial charge in [0.05, 0.1) is 6.07 Å². The summed E-state index contributed by atoms with van der Waals surface area (Å²) in [7, 11) is 0. The minimum Gasteiger partial charge on any atom is -0.352 e. The van der Waals surface area contributed by atoms with Crippen LogP contribution in [0.5, 0.6) is 0 Å². The smallest absolute Gasteiger partial charge is 0.240 e. The number of nitrogens with one attached hydrogen (secondary N) is 1. The van der Waals surface area contributed by atoms with Crippen LogP contribution in [-0.4, -0.2) is 11.9 Å². The normalized spacial score (nSPS) is 20.8. The summed E-state index contributed by atoms with van der Waals surface area (Å²) in [6.45, 7) is 8.20. The van der Waals surface area contributed by atoms with Crippen LogP contribution in [0.25, 0.3) is 0 Å². The first kappa shape index (κ1) is 11.0. The molecule has 3 nitrogen and oxygen atoms in total. The van der Waals surface area contributed by atoms with Crippen LogP contribution in [0.1, 0.15) is 40.5 Å². The Balaban J connectivity index is 2.55. The summed E-state index contributed by atoms with van der Waals surface area (Å²) >= 11 is 0. The molecule has 1 rings (SSSR count). The molecule has 0 heterocycles. The highest BCUT2D eigenvalue weighted by Gasteiger charge is 2.51. The molecule has 0 aromatic rings. The maximum absolute atomic E-state index is 11.7. The Morgan fingerprint density at radius 3 is 2.29 bits per heavy atom. The second kappa shape index (κ2) is 3.27. The zero-order chi connectivity index (χ0) is 11.0. The molecular weight excluding hydrogens is 176 g/mol. The molecule has 0 radical (unpaired) electrons. The van der Waals surface area contributed by atoms with Crippen molar-refractivity contribution in [3.05, 3.63) is 0 Å². The lowest BCUT2D eigenvalue weighted by Crippen LogP contribution is -2.44. The van der Waals surface area contributed by atoms with Crippen molar-refractivity contribution in [3.8, 4) is 6.07 Å². The molecule has 1 saturated carbocycles. The summed E-state index contributed by atoms with van der Waals surface area (Å²) < 4.78 is 0. The van der Waals surface area contributed by atoms with E-state index in [1.54, 1.807) is 0 Å². The molecule has 1 aliphatic rings. The third-order valence-corrected chi connectivity index (χ3v) is 3.05. The molecular formula is C11H18N2O. The highest BCUT2D eigenvalue weighted by Crippen LogP contribution is 2.45. The van der Waals surface area contributed by atoms with Crippen molar-refractivity contribution in [2.24, 2.45) is 10.8 Å². The Morgan fingerprint density at radius 1 is 1.50 bits per heavy atom. The number of rotatable bonds is 2. The highest BCUT2D eigenvalue weighted by atomic mass is 16.2. The third kappa shape index (κ3) is 2.06. The van der Waals surface area contributed by atoms with Gasteiger partial charge in [0.1, 0.15) is 5.41 Å². The molecule has 0 unspecified atom stereocenters. The fourth-order valence-corrected chi connectivity index (χ4v) is 1.07. The maximum atomic E-state index is 11.7. The molecule has 0 aliphatic heterocycles. The predicted molar refractivity (Wildman–Crippen MR) is 54.3 cm³/mol. The van der Waals surface area contributed by atoms with E-state index in [4.69, 9.17) is 5.26 Å². The Hall–Kier alpha value is -1.04. The lowest BCUT2D eigenvalue weighted by atomic mass is 9.87. The van der Waals surface area contributed by atoms with Gasteiger partial charge in [0, 0.05) is 6.04 Å². The number of amides is 1. The SMILES string of the molecule is C[C@H](NC(=O)C1(C#N)CC1)C(C)(C)C. The molecule has 0 aromatic heterocycles.